The molecule has 2 aromatic rings. The van der Waals surface area contributed by atoms with Gasteiger partial charge >= 0.3 is 0 Å². The standard InChI is InChI=1S/C23H31N5O2/c29-22(24-11-6-18-4-2-1-3-5-18)19-7-12-27(13-8-19)21-9-14-28(15-10-21)23(30)20-16-25-26-17-20/h1-5,16-17,19,21H,6-15H2,(H,24,29)(H,25,26). The lowest BCUT2D eigenvalue weighted by atomic mass is 9.92. The van der Waals surface area contributed by atoms with E-state index in [1.165, 1.54) is 5.56 Å². The second-order valence-corrected chi connectivity index (χ2v) is 8.35. The first-order valence-electron chi connectivity index (χ1n) is 11.0. The van der Waals surface area contributed by atoms with Crippen LogP contribution >= 0.6 is 0 Å². The average Bonchev–Trinajstić information content (AvgIpc) is 3.34. The third-order valence-corrected chi connectivity index (χ3v) is 6.47. The van der Waals surface area contributed by atoms with Crippen LogP contribution in [0.3, 0.4) is 0 Å². The first-order chi connectivity index (χ1) is 14.7. The smallest absolute Gasteiger partial charge is 0.257 e. The highest BCUT2D eigenvalue weighted by atomic mass is 16.2. The summed E-state index contributed by atoms with van der Waals surface area (Å²) in [5.74, 6) is 0.388. The van der Waals surface area contributed by atoms with E-state index >= 15 is 0 Å². The van der Waals surface area contributed by atoms with Crippen LogP contribution in [0.25, 0.3) is 0 Å². The molecule has 0 saturated carbocycles. The Kier molecular flexibility index (Phi) is 6.79. The van der Waals surface area contributed by atoms with E-state index in [4.69, 9.17) is 0 Å². The fraction of sp³-hybridized carbons (Fsp3) is 0.522. The van der Waals surface area contributed by atoms with Gasteiger partial charge in [0.25, 0.3) is 5.91 Å². The summed E-state index contributed by atoms with van der Waals surface area (Å²) in [6.45, 7) is 4.21. The molecule has 160 valence electrons. The Hall–Kier alpha value is -2.67. The summed E-state index contributed by atoms with van der Waals surface area (Å²) in [4.78, 5) is 29.4. The van der Waals surface area contributed by atoms with Crippen LogP contribution in [0.2, 0.25) is 0 Å². The van der Waals surface area contributed by atoms with Crippen LogP contribution in [0.1, 0.15) is 41.6 Å². The van der Waals surface area contributed by atoms with Crippen molar-refractivity contribution in [3.8, 4) is 0 Å². The van der Waals surface area contributed by atoms with Crippen molar-refractivity contribution in [2.24, 2.45) is 5.92 Å². The lowest BCUT2D eigenvalue weighted by Crippen LogP contribution is -2.50. The number of rotatable bonds is 6. The Bertz CT molecular complexity index is 807. The normalized spacial score (nSPS) is 19.0. The topological polar surface area (TPSA) is 81.3 Å². The minimum atomic E-state index is 0.0630. The molecule has 2 saturated heterocycles. The monoisotopic (exact) mass is 409 g/mol. The molecular weight excluding hydrogens is 378 g/mol. The Labute approximate surface area is 177 Å². The number of likely N-dealkylation sites (tertiary alicyclic amines) is 2. The number of nitrogens with zero attached hydrogens (tertiary/aromatic N) is 3. The van der Waals surface area contributed by atoms with E-state index in [-0.39, 0.29) is 17.7 Å². The Balaban J connectivity index is 1.16. The van der Waals surface area contributed by atoms with Crippen molar-refractivity contribution in [2.45, 2.75) is 38.1 Å². The van der Waals surface area contributed by atoms with Crippen LogP contribution in [0.15, 0.2) is 42.7 Å². The maximum atomic E-state index is 12.5. The molecule has 0 atom stereocenters. The number of nitrogens with one attached hydrogen (secondary N) is 2. The molecule has 2 N–H and O–H groups in total. The highest BCUT2D eigenvalue weighted by Gasteiger charge is 2.31. The van der Waals surface area contributed by atoms with Crippen molar-refractivity contribution in [3.63, 3.8) is 0 Å². The number of hydrogen-bond donors (Lipinski definition) is 2. The van der Waals surface area contributed by atoms with Crippen molar-refractivity contribution < 1.29 is 9.59 Å². The van der Waals surface area contributed by atoms with Crippen LogP contribution in [-0.2, 0) is 11.2 Å². The number of aromatic nitrogens is 2. The van der Waals surface area contributed by atoms with Gasteiger partial charge in [0.2, 0.25) is 5.91 Å². The van der Waals surface area contributed by atoms with E-state index in [0.717, 1.165) is 58.3 Å². The number of carbonyl (C=O) groups excluding carboxylic acids is 2. The molecule has 0 unspecified atom stereocenters. The summed E-state index contributed by atoms with van der Waals surface area (Å²) in [5.41, 5.74) is 1.89. The van der Waals surface area contributed by atoms with E-state index < -0.39 is 0 Å². The summed E-state index contributed by atoms with van der Waals surface area (Å²) < 4.78 is 0. The van der Waals surface area contributed by atoms with Gasteiger partial charge in [-0.05, 0) is 50.8 Å². The molecule has 0 bridgehead atoms. The first-order valence-corrected chi connectivity index (χ1v) is 11.0. The maximum absolute atomic E-state index is 12.5. The zero-order valence-electron chi connectivity index (χ0n) is 17.4. The van der Waals surface area contributed by atoms with E-state index in [1.807, 2.05) is 23.1 Å². The minimum absolute atomic E-state index is 0.0630. The molecule has 2 aliphatic rings. The third kappa shape index (κ3) is 5.08. The maximum Gasteiger partial charge on any atom is 0.257 e. The zero-order valence-corrected chi connectivity index (χ0v) is 17.4. The zero-order chi connectivity index (χ0) is 20.8. The minimum Gasteiger partial charge on any atom is -0.356 e. The molecule has 7 nitrogen and oxygen atoms in total. The van der Waals surface area contributed by atoms with Gasteiger partial charge in [-0.15, -0.1) is 0 Å². The second kappa shape index (κ2) is 9.89. The van der Waals surface area contributed by atoms with Crippen molar-refractivity contribution >= 4 is 11.8 Å². The van der Waals surface area contributed by atoms with Gasteiger partial charge in [0.05, 0.1) is 11.8 Å². The molecule has 7 heteroatoms. The van der Waals surface area contributed by atoms with Crippen LogP contribution < -0.4 is 5.32 Å². The van der Waals surface area contributed by atoms with Gasteiger partial charge in [-0.25, -0.2) is 0 Å². The third-order valence-electron chi connectivity index (χ3n) is 6.47. The number of H-pyrrole nitrogens is 1. The van der Waals surface area contributed by atoms with Crippen molar-refractivity contribution in [1.82, 2.24) is 25.3 Å². The van der Waals surface area contributed by atoms with Crippen LogP contribution in [0.5, 0.6) is 0 Å². The summed E-state index contributed by atoms with van der Waals surface area (Å²) in [7, 11) is 0. The fourth-order valence-electron chi connectivity index (χ4n) is 4.63. The predicted molar refractivity (Wildman–Crippen MR) is 115 cm³/mol. The predicted octanol–water partition coefficient (Wildman–Crippen LogP) is 2.09. The SMILES string of the molecule is O=C(NCCc1ccccc1)C1CCN(C2CCN(C(=O)c3cn[nH]c3)CC2)CC1. The van der Waals surface area contributed by atoms with Gasteiger partial charge in [0.1, 0.15) is 0 Å². The van der Waals surface area contributed by atoms with Gasteiger partial charge in [0, 0.05) is 37.8 Å². The number of aromatic amines is 1. The Morgan fingerprint density at radius 3 is 2.43 bits per heavy atom. The summed E-state index contributed by atoms with van der Waals surface area (Å²) in [6, 6.07) is 10.8. The Morgan fingerprint density at radius 2 is 1.77 bits per heavy atom. The van der Waals surface area contributed by atoms with Crippen molar-refractivity contribution in [2.75, 3.05) is 32.7 Å². The summed E-state index contributed by atoms with van der Waals surface area (Å²) >= 11 is 0. The molecule has 0 aliphatic carbocycles. The Morgan fingerprint density at radius 1 is 1.03 bits per heavy atom. The van der Waals surface area contributed by atoms with Crippen molar-refractivity contribution in [3.05, 3.63) is 53.9 Å². The largest absolute Gasteiger partial charge is 0.356 e. The second-order valence-electron chi connectivity index (χ2n) is 8.35. The highest BCUT2D eigenvalue weighted by molar-refractivity contribution is 5.93. The molecule has 1 aromatic heterocycles. The van der Waals surface area contributed by atoms with Gasteiger partial charge in [-0.1, -0.05) is 30.3 Å². The number of carbonyl (C=O) groups is 2. The molecule has 2 amide bonds. The van der Waals surface area contributed by atoms with Crippen LogP contribution in [0.4, 0.5) is 0 Å². The summed E-state index contributed by atoms with van der Waals surface area (Å²) in [5, 5.41) is 9.69. The lowest BCUT2D eigenvalue weighted by Gasteiger charge is -2.41. The van der Waals surface area contributed by atoms with E-state index in [1.54, 1.807) is 12.4 Å². The number of amides is 2. The molecule has 4 rings (SSSR count). The molecule has 2 fully saturated rings. The first kappa shape index (κ1) is 20.6. The van der Waals surface area contributed by atoms with E-state index in [0.29, 0.717) is 18.2 Å². The van der Waals surface area contributed by atoms with Gasteiger partial charge in [0.15, 0.2) is 0 Å². The van der Waals surface area contributed by atoms with Gasteiger partial charge in [-0.2, -0.15) is 5.10 Å². The highest BCUT2D eigenvalue weighted by Crippen LogP contribution is 2.24. The number of hydrogen-bond acceptors (Lipinski definition) is 4. The molecular formula is C23H31N5O2. The number of piperidine rings is 2. The molecule has 0 radical (unpaired) electrons. The molecule has 30 heavy (non-hydrogen) atoms. The van der Waals surface area contributed by atoms with Crippen molar-refractivity contribution in [1.29, 1.82) is 0 Å². The molecule has 0 spiro atoms. The van der Waals surface area contributed by atoms with Crippen LogP contribution in [-0.4, -0.2) is 70.6 Å². The van der Waals surface area contributed by atoms with E-state index in [9.17, 15) is 9.59 Å². The van der Waals surface area contributed by atoms with E-state index in [2.05, 4.69) is 32.5 Å². The van der Waals surface area contributed by atoms with Crippen LogP contribution in [0, 0.1) is 5.92 Å². The average molecular weight is 410 g/mol. The van der Waals surface area contributed by atoms with Gasteiger partial charge in [-0.3, -0.25) is 14.7 Å². The molecule has 1 aromatic carbocycles. The van der Waals surface area contributed by atoms with Gasteiger partial charge < -0.3 is 15.1 Å². The lowest BCUT2D eigenvalue weighted by molar-refractivity contribution is -0.126. The fourth-order valence-corrected chi connectivity index (χ4v) is 4.63. The molecule has 3 heterocycles. The molecule has 2 aliphatic heterocycles. The summed E-state index contributed by atoms with van der Waals surface area (Å²) in [6.07, 6.45) is 7.96. The quantitative estimate of drug-likeness (QED) is 0.766. The number of benzene rings is 1.